The van der Waals surface area contributed by atoms with Crippen molar-refractivity contribution in [2.45, 2.75) is 27.7 Å². The van der Waals surface area contributed by atoms with E-state index in [9.17, 15) is 18.0 Å². The van der Waals surface area contributed by atoms with Gasteiger partial charge in [0.25, 0.3) is 5.91 Å². The van der Waals surface area contributed by atoms with Crippen molar-refractivity contribution in [1.82, 2.24) is 5.43 Å². The summed E-state index contributed by atoms with van der Waals surface area (Å²) in [5.41, 5.74) is 6.72. The number of benzene rings is 2. The summed E-state index contributed by atoms with van der Waals surface area (Å²) < 4.78 is 25.5. The van der Waals surface area contributed by atoms with Gasteiger partial charge in [-0.3, -0.25) is 13.9 Å². The molecule has 0 saturated carbocycles. The third kappa shape index (κ3) is 6.41. The Labute approximate surface area is 177 Å². The van der Waals surface area contributed by atoms with Crippen molar-refractivity contribution in [3.63, 3.8) is 0 Å². The first-order valence-corrected chi connectivity index (χ1v) is 11.1. The van der Waals surface area contributed by atoms with Crippen LogP contribution in [0.1, 0.15) is 30.5 Å². The molecule has 160 valence electrons. The van der Waals surface area contributed by atoms with Crippen LogP contribution >= 0.6 is 0 Å². The molecule has 0 aliphatic heterocycles. The predicted molar refractivity (Wildman–Crippen MR) is 119 cm³/mol. The van der Waals surface area contributed by atoms with E-state index in [4.69, 9.17) is 0 Å². The lowest BCUT2D eigenvalue weighted by atomic mass is 10.1. The van der Waals surface area contributed by atoms with Gasteiger partial charge in [-0.15, -0.1) is 0 Å². The fourth-order valence-corrected chi connectivity index (χ4v) is 3.50. The zero-order valence-electron chi connectivity index (χ0n) is 17.7. The number of nitrogens with zero attached hydrogens (tertiary/aromatic N) is 2. The smallest absolute Gasteiger partial charge is 0.260 e. The van der Waals surface area contributed by atoms with Gasteiger partial charge in [0.2, 0.25) is 15.9 Å². The zero-order chi connectivity index (χ0) is 22.5. The summed E-state index contributed by atoms with van der Waals surface area (Å²) in [6.45, 7) is 6.56. The minimum absolute atomic E-state index is 0.167. The highest BCUT2D eigenvalue weighted by molar-refractivity contribution is 7.92. The van der Waals surface area contributed by atoms with Crippen LogP contribution in [0.25, 0.3) is 0 Å². The molecule has 0 heterocycles. The van der Waals surface area contributed by atoms with Gasteiger partial charge in [0.15, 0.2) is 0 Å². The normalized spacial score (nSPS) is 11.7. The number of nitrogens with one attached hydrogen (secondary N) is 2. The van der Waals surface area contributed by atoms with E-state index >= 15 is 0 Å². The SMILES string of the molecule is CC(=O)Nc1ccc(/C(C)=N\NC(=O)CN(c2ccc(C)c(C)c2)S(C)(=O)=O)cc1. The predicted octanol–water partition coefficient (Wildman–Crippen LogP) is 2.57. The van der Waals surface area contributed by atoms with Crippen LogP contribution in [-0.4, -0.2) is 38.7 Å². The summed E-state index contributed by atoms with van der Waals surface area (Å²) in [7, 11) is -3.66. The molecule has 0 aliphatic rings. The summed E-state index contributed by atoms with van der Waals surface area (Å²) in [4.78, 5) is 23.4. The average molecular weight is 431 g/mol. The van der Waals surface area contributed by atoms with Gasteiger partial charge in [0.1, 0.15) is 6.54 Å². The highest BCUT2D eigenvalue weighted by atomic mass is 32.2. The second kappa shape index (κ2) is 9.53. The molecule has 30 heavy (non-hydrogen) atoms. The molecule has 2 N–H and O–H groups in total. The van der Waals surface area contributed by atoms with Crippen LogP contribution in [-0.2, 0) is 19.6 Å². The van der Waals surface area contributed by atoms with E-state index in [1.54, 1.807) is 43.3 Å². The van der Waals surface area contributed by atoms with Crippen LogP contribution in [0.5, 0.6) is 0 Å². The van der Waals surface area contributed by atoms with Crippen molar-refractivity contribution in [3.05, 3.63) is 59.2 Å². The van der Waals surface area contributed by atoms with Gasteiger partial charge in [-0.1, -0.05) is 18.2 Å². The largest absolute Gasteiger partial charge is 0.326 e. The van der Waals surface area contributed by atoms with Crippen molar-refractivity contribution >= 4 is 38.9 Å². The molecule has 0 aromatic heterocycles. The molecular formula is C21H26N4O4S. The third-order valence-electron chi connectivity index (χ3n) is 4.44. The van der Waals surface area contributed by atoms with Crippen LogP contribution in [0.3, 0.4) is 0 Å². The molecule has 8 nitrogen and oxygen atoms in total. The molecule has 2 amide bonds. The van der Waals surface area contributed by atoms with Crippen molar-refractivity contribution in [3.8, 4) is 0 Å². The number of carbonyl (C=O) groups excluding carboxylic acids is 2. The number of sulfonamides is 1. The number of hydrazone groups is 1. The van der Waals surface area contributed by atoms with E-state index in [1.807, 2.05) is 19.9 Å². The summed E-state index contributed by atoms with van der Waals surface area (Å²) in [6.07, 6.45) is 1.06. The molecule has 0 unspecified atom stereocenters. The fraction of sp³-hybridized carbons (Fsp3) is 0.286. The van der Waals surface area contributed by atoms with Crippen molar-refractivity contribution in [2.24, 2.45) is 5.10 Å². The minimum atomic E-state index is -3.66. The molecule has 0 spiro atoms. The standard InChI is InChI=1S/C21H26N4O4S/c1-14-6-11-20(12-15(14)2)25(30(5,28)29)13-21(27)24-23-16(3)18-7-9-19(10-8-18)22-17(4)26/h6-12H,13H2,1-5H3,(H,22,26)(H,24,27)/b23-16-. The van der Waals surface area contributed by atoms with Gasteiger partial charge in [-0.25, -0.2) is 13.8 Å². The van der Waals surface area contributed by atoms with Gasteiger partial charge in [0, 0.05) is 12.6 Å². The van der Waals surface area contributed by atoms with Gasteiger partial charge < -0.3 is 5.32 Å². The topological polar surface area (TPSA) is 108 Å². The molecule has 0 aliphatic carbocycles. The number of hydrogen-bond donors (Lipinski definition) is 2. The molecule has 0 fully saturated rings. The van der Waals surface area contributed by atoms with Crippen LogP contribution in [0.4, 0.5) is 11.4 Å². The van der Waals surface area contributed by atoms with E-state index in [1.165, 1.54) is 6.92 Å². The van der Waals surface area contributed by atoms with Crippen molar-refractivity contribution < 1.29 is 18.0 Å². The Morgan fingerprint density at radius 1 is 1.00 bits per heavy atom. The quantitative estimate of drug-likeness (QED) is 0.520. The summed E-state index contributed by atoms with van der Waals surface area (Å²) >= 11 is 0. The number of rotatable bonds is 7. The first-order chi connectivity index (χ1) is 14.0. The number of carbonyl (C=O) groups is 2. The van der Waals surface area contributed by atoms with E-state index in [-0.39, 0.29) is 12.5 Å². The van der Waals surface area contributed by atoms with Crippen molar-refractivity contribution in [2.75, 3.05) is 22.4 Å². The molecule has 2 aromatic rings. The Morgan fingerprint density at radius 3 is 2.17 bits per heavy atom. The van der Waals surface area contributed by atoms with E-state index in [0.717, 1.165) is 27.3 Å². The van der Waals surface area contributed by atoms with Gasteiger partial charge in [0.05, 0.1) is 17.7 Å². The highest BCUT2D eigenvalue weighted by Gasteiger charge is 2.21. The second-order valence-electron chi connectivity index (χ2n) is 7.03. The maximum absolute atomic E-state index is 12.4. The molecule has 0 atom stereocenters. The first kappa shape index (κ1) is 23.1. The average Bonchev–Trinajstić information content (AvgIpc) is 2.65. The number of aryl methyl sites for hydroxylation is 2. The summed E-state index contributed by atoms with van der Waals surface area (Å²) in [5, 5.41) is 6.72. The van der Waals surface area contributed by atoms with Gasteiger partial charge in [-0.05, 0) is 61.7 Å². The van der Waals surface area contributed by atoms with E-state index in [2.05, 4.69) is 15.8 Å². The lowest BCUT2D eigenvalue weighted by Crippen LogP contribution is -2.39. The number of amides is 2. The summed E-state index contributed by atoms with van der Waals surface area (Å²) in [6, 6.07) is 12.2. The summed E-state index contributed by atoms with van der Waals surface area (Å²) in [5.74, 6) is -0.729. The lowest BCUT2D eigenvalue weighted by molar-refractivity contribution is -0.119. The van der Waals surface area contributed by atoms with E-state index < -0.39 is 15.9 Å². The fourth-order valence-electron chi connectivity index (χ4n) is 2.66. The van der Waals surface area contributed by atoms with Gasteiger partial charge in [-0.2, -0.15) is 5.10 Å². The van der Waals surface area contributed by atoms with Crippen LogP contribution in [0, 0.1) is 13.8 Å². The Morgan fingerprint density at radius 2 is 1.63 bits per heavy atom. The Bertz CT molecular complexity index is 1080. The maximum atomic E-state index is 12.4. The number of anilines is 2. The molecule has 2 aromatic carbocycles. The number of hydrogen-bond acceptors (Lipinski definition) is 5. The van der Waals surface area contributed by atoms with Crippen LogP contribution < -0.4 is 15.0 Å². The lowest BCUT2D eigenvalue weighted by Gasteiger charge is -2.22. The maximum Gasteiger partial charge on any atom is 0.260 e. The third-order valence-corrected chi connectivity index (χ3v) is 5.58. The van der Waals surface area contributed by atoms with E-state index in [0.29, 0.717) is 17.1 Å². The monoisotopic (exact) mass is 430 g/mol. The zero-order valence-corrected chi connectivity index (χ0v) is 18.5. The second-order valence-corrected chi connectivity index (χ2v) is 8.94. The molecule has 0 bridgehead atoms. The molecule has 2 rings (SSSR count). The first-order valence-electron chi connectivity index (χ1n) is 9.23. The Balaban J connectivity index is 2.11. The molecule has 0 saturated heterocycles. The Hall–Kier alpha value is -3.20. The highest BCUT2D eigenvalue weighted by Crippen LogP contribution is 2.21. The van der Waals surface area contributed by atoms with Crippen LogP contribution in [0.2, 0.25) is 0 Å². The van der Waals surface area contributed by atoms with Crippen molar-refractivity contribution in [1.29, 1.82) is 0 Å². The van der Waals surface area contributed by atoms with Gasteiger partial charge >= 0.3 is 0 Å². The molecular weight excluding hydrogens is 404 g/mol. The molecule has 0 radical (unpaired) electrons. The minimum Gasteiger partial charge on any atom is -0.326 e. The Kier molecular flexibility index (Phi) is 7.33. The van der Waals surface area contributed by atoms with Crippen LogP contribution in [0.15, 0.2) is 47.6 Å². The molecule has 9 heteroatoms.